The summed E-state index contributed by atoms with van der Waals surface area (Å²) in [6.45, 7) is 8.83. The summed E-state index contributed by atoms with van der Waals surface area (Å²) < 4.78 is 0. The van der Waals surface area contributed by atoms with E-state index in [-0.39, 0.29) is 11.8 Å². The second-order valence-corrected chi connectivity index (χ2v) is 5.46. The van der Waals surface area contributed by atoms with E-state index in [0.29, 0.717) is 6.54 Å². The number of nitrogens with zero attached hydrogens (tertiary/aromatic N) is 1. The molecule has 0 heterocycles. The van der Waals surface area contributed by atoms with Gasteiger partial charge in [0.15, 0.2) is 0 Å². The second-order valence-electron chi connectivity index (χ2n) is 5.46. The van der Waals surface area contributed by atoms with Crippen LogP contribution in [0.15, 0.2) is 0 Å². The van der Waals surface area contributed by atoms with Crippen molar-refractivity contribution >= 4 is 5.91 Å². The van der Waals surface area contributed by atoms with Gasteiger partial charge in [0.05, 0.1) is 5.92 Å². The van der Waals surface area contributed by atoms with Crippen LogP contribution in [0.1, 0.15) is 72.1 Å². The van der Waals surface area contributed by atoms with Crippen molar-refractivity contribution in [2.24, 2.45) is 11.7 Å². The van der Waals surface area contributed by atoms with E-state index in [9.17, 15) is 4.79 Å². The quantitative estimate of drug-likeness (QED) is 0.551. The van der Waals surface area contributed by atoms with Gasteiger partial charge in [0.25, 0.3) is 0 Å². The summed E-state index contributed by atoms with van der Waals surface area (Å²) in [7, 11) is 0. The van der Waals surface area contributed by atoms with Crippen LogP contribution in [0, 0.1) is 5.92 Å². The minimum Gasteiger partial charge on any atom is -0.342 e. The van der Waals surface area contributed by atoms with E-state index in [2.05, 4.69) is 25.7 Å². The van der Waals surface area contributed by atoms with Crippen LogP contribution in [0.4, 0.5) is 0 Å². The molecule has 1 unspecified atom stereocenters. The number of rotatable bonds is 12. The van der Waals surface area contributed by atoms with Gasteiger partial charge in [0.2, 0.25) is 5.91 Å². The molecule has 0 aliphatic heterocycles. The second kappa shape index (κ2) is 12.5. The SMILES string of the molecule is CCCCCN(CCCCC)C(=O)C(CN)CCC. The summed E-state index contributed by atoms with van der Waals surface area (Å²) in [5, 5.41) is 0. The average molecular weight is 270 g/mol. The fraction of sp³-hybridized carbons (Fsp3) is 0.938. The largest absolute Gasteiger partial charge is 0.342 e. The third kappa shape index (κ3) is 8.25. The summed E-state index contributed by atoms with van der Waals surface area (Å²) >= 11 is 0. The third-order valence-electron chi connectivity index (χ3n) is 3.65. The molecule has 3 nitrogen and oxygen atoms in total. The van der Waals surface area contributed by atoms with Crippen molar-refractivity contribution in [1.82, 2.24) is 4.90 Å². The highest BCUT2D eigenvalue weighted by Gasteiger charge is 2.21. The maximum atomic E-state index is 12.5. The number of amides is 1. The lowest BCUT2D eigenvalue weighted by atomic mass is 10.0. The first-order valence-electron chi connectivity index (χ1n) is 8.19. The zero-order chi connectivity index (χ0) is 14.5. The van der Waals surface area contributed by atoms with Gasteiger partial charge in [-0.1, -0.05) is 52.9 Å². The Kier molecular flexibility index (Phi) is 12.1. The molecule has 19 heavy (non-hydrogen) atoms. The van der Waals surface area contributed by atoms with Gasteiger partial charge in [-0.15, -0.1) is 0 Å². The van der Waals surface area contributed by atoms with Crippen molar-refractivity contribution < 1.29 is 4.79 Å². The fourth-order valence-corrected chi connectivity index (χ4v) is 2.39. The summed E-state index contributed by atoms with van der Waals surface area (Å²) in [6, 6.07) is 0. The van der Waals surface area contributed by atoms with Crippen molar-refractivity contribution in [3.05, 3.63) is 0 Å². The molecule has 0 aliphatic rings. The lowest BCUT2D eigenvalue weighted by Crippen LogP contribution is -2.40. The lowest BCUT2D eigenvalue weighted by molar-refractivity contribution is -0.135. The molecule has 0 bridgehead atoms. The Morgan fingerprint density at radius 1 is 0.947 bits per heavy atom. The highest BCUT2D eigenvalue weighted by Crippen LogP contribution is 2.12. The van der Waals surface area contributed by atoms with Crippen molar-refractivity contribution in [2.45, 2.75) is 72.1 Å². The summed E-state index contributed by atoms with van der Waals surface area (Å²) in [4.78, 5) is 14.6. The number of carbonyl (C=O) groups excluding carboxylic acids is 1. The van der Waals surface area contributed by atoms with Gasteiger partial charge in [-0.2, -0.15) is 0 Å². The van der Waals surface area contributed by atoms with Gasteiger partial charge in [-0.05, 0) is 19.3 Å². The van der Waals surface area contributed by atoms with Crippen LogP contribution in [0.25, 0.3) is 0 Å². The first-order valence-corrected chi connectivity index (χ1v) is 8.19. The molecule has 0 saturated heterocycles. The molecule has 0 aromatic rings. The molecular formula is C16H34N2O. The molecular weight excluding hydrogens is 236 g/mol. The van der Waals surface area contributed by atoms with Crippen LogP contribution in [-0.2, 0) is 4.79 Å². The highest BCUT2D eigenvalue weighted by molar-refractivity contribution is 5.79. The fourth-order valence-electron chi connectivity index (χ4n) is 2.39. The standard InChI is InChI=1S/C16H34N2O/c1-4-7-9-12-18(13-10-8-5-2)16(19)15(14-17)11-6-3/h15H,4-14,17H2,1-3H3. The minimum absolute atomic E-state index is 0.0354. The monoisotopic (exact) mass is 270 g/mol. The number of unbranched alkanes of at least 4 members (excludes halogenated alkanes) is 4. The van der Waals surface area contributed by atoms with Crippen LogP contribution < -0.4 is 5.73 Å². The van der Waals surface area contributed by atoms with Crippen LogP contribution in [0.5, 0.6) is 0 Å². The normalized spacial score (nSPS) is 12.4. The molecule has 0 aromatic carbocycles. The molecule has 1 amide bonds. The van der Waals surface area contributed by atoms with Crippen LogP contribution in [0.2, 0.25) is 0 Å². The Morgan fingerprint density at radius 2 is 1.47 bits per heavy atom. The average Bonchev–Trinajstić information content (AvgIpc) is 2.42. The molecule has 114 valence electrons. The molecule has 3 heteroatoms. The Morgan fingerprint density at radius 3 is 1.84 bits per heavy atom. The minimum atomic E-state index is 0.0354. The highest BCUT2D eigenvalue weighted by atomic mass is 16.2. The van der Waals surface area contributed by atoms with Crippen LogP contribution in [-0.4, -0.2) is 30.4 Å². The van der Waals surface area contributed by atoms with E-state index in [4.69, 9.17) is 5.73 Å². The molecule has 1 atom stereocenters. The zero-order valence-electron chi connectivity index (χ0n) is 13.3. The zero-order valence-corrected chi connectivity index (χ0v) is 13.3. The van der Waals surface area contributed by atoms with Gasteiger partial charge >= 0.3 is 0 Å². The van der Waals surface area contributed by atoms with Gasteiger partial charge in [0, 0.05) is 19.6 Å². The van der Waals surface area contributed by atoms with Gasteiger partial charge < -0.3 is 10.6 Å². The Hall–Kier alpha value is -0.570. The molecule has 2 N–H and O–H groups in total. The topological polar surface area (TPSA) is 46.3 Å². The first-order chi connectivity index (χ1) is 9.21. The molecule has 0 aliphatic carbocycles. The number of nitrogens with two attached hydrogens (primary N) is 1. The van der Waals surface area contributed by atoms with Crippen molar-refractivity contribution in [1.29, 1.82) is 0 Å². The van der Waals surface area contributed by atoms with E-state index in [1.165, 1.54) is 25.7 Å². The first kappa shape index (κ1) is 18.4. The van der Waals surface area contributed by atoms with E-state index in [1.807, 2.05) is 0 Å². The van der Waals surface area contributed by atoms with Crippen molar-refractivity contribution in [2.75, 3.05) is 19.6 Å². The Labute approximate surface area is 119 Å². The van der Waals surface area contributed by atoms with Gasteiger partial charge in [-0.3, -0.25) is 4.79 Å². The lowest BCUT2D eigenvalue weighted by Gasteiger charge is -2.27. The molecule has 0 fully saturated rings. The Balaban J connectivity index is 4.36. The van der Waals surface area contributed by atoms with E-state index < -0.39 is 0 Å². The third-order valence-corrected chi connectivity index (χ3v) is 3.65. The molecule has 0 saturated carbocycles. The summed E-state index contributed by atoms with van der Waals surface area (Å²) in [5.74, 6) is 0.324. The number of hydrogen-bond acceptors (Lipinski definition) is 2. The number of hydrogen-bond donors (Lipinski definition) is 1. The molecule has 0 aromatic heterocycles. The Bertz CT molecular complexity index is 209. The molecule has 0 spiro atoms. The van der Waals surface area contributed by atoms with Crippen LogP contribution >= 0.6 is 0 Å². The summed E-state index contributed by atoms with van der Waals surface area (Å²) in [5.41, 5.74) is 5.76. The summed E-state index contributed by atoms with van der Waals surface area (Å²) in [6.07, 6.45) is 9.02. The van der Waals surface area contributed by atoms with Crippen molar-refractivity contribution in [3.8, 4) is 0 Å². The smallest absolute Gasteiger partial charge is 0.226 e. The maximum Gasteiger partial charge on any atom is 0.226 e. The van der Waals surface area contributed by atoms with E-state index in [1.54, 1.807) is 0 Å². The van der Waals surface area contributed by atoms with Crippen LogP contribution in [0.3, 0.4) is 0 Å². The van der Waals surface area contributed by atoms with E-state index >= 15 is 0 Å². The molecule has 0 radical (unpaired) electrons. The predicted octanol–water partition coefficient (Wildman–Crippen LogP) is 3.57. The molecule has 0 rings (SSSR count). The van der Waals surface area contributed by atoms with E-state index in [0.717, 1.165) is 38.8 Å². The van der Waals surface area contributed by atoms with Crippen molar-refractivity contribution in [3.63, 3.8) is 0 Å². The number of carbonyl (C=O) groups is 1. The van der Waals surface area contributed by atoms with Gasteiger partial charge in [-0.25, -0.2) is 0 Å². The predicted molar refractivity (Wildman–Crippen MR) is 83.1 cm³/mol. The maximum absolute atomic E-state index is 12.5. The van der Waals surface area contributed by atoms with Gasteiger partial charge in [0.1, 0.15) is 0 Å².